The maximum atomic E-state index is 11.1. The first-order valence-electron chi connectivity index (χ1n) is 6.24. The second kappa shape index (κ2) is 9.91. The summed E-state index contributed by atoms with van der Waals surface area (Å²) in [7, 11) is 0. The van der Waals surface area contributed by atoms with Crippen LogP contribution >= 0.6 is 11.3 Å². The zero-order valence-corrected chi connectivity index (χ0v) is 14.3. The molecule has 0 atom stereocenters. The number of benzene rings is 1. The van der Waals surface area contributed by atoms with Crippen LogP contribution in [0.1, 0.15) is 4.88 Å². The van der Waals surface area contributed by atoms with Gasteiger partial charge in [0.1, 0.15) is 0 Å². The van der Waals surface area contributed by atoms with Crippen molar-refractivity contribution in [3.05, 3.63) is 58.9 Å². The molecule has 2 heterocycles. The van der Waals surface area contributed by atoms with E-state index < -0.39 is 0 Å². The number of amidine groups is 1. The molecule has 0 saturated heterocycles. The average Bonchev–Trinajstić information content (AvgIpc) is 3.01. The second-order valence-corrected chi connectivity index (χ2v) is 5.43. The minimum Gasteiger partial charge on any atom is -0.871 e. The van der Waals surface area contributed by atoms with E-state index in [2.05, 4.69) is 27.8 Å². The first kappa shape index (κ1) is 19.1. The molecule has 8 heteroatoms. The fourth-order valence-corrected chi connectivity index (χ4v) is 2.21. The second-order valence-electron chi connectivity index (χ2n) is 4.03. The van der Waals surface area contributed by atoms with Crippen molar-refractivity contribution in [1.29, 1.82) is 0 Å². The van der Waals surface area contributed by atoms with Gasteiger partial charge < -0.3 is 23.5 Å². The third-order valence-corrected chi connectivity index (χ3v) is 3.37. The standard InChI is InChI=1S/C9H7NO.C6H7N3S2.Cu/c11-8-5-1-3-7-4-2-6-10-9(7)8;7-6(10)9-8-4-5-2-1-3-11-5;/h1-6,11H;1-4H,(H3,7,9,10);/q;;+2/p-2/b;8-4+;. The molecule has 1 radical (unpaired) electrons. The van der Waals surface area contributed by atoms with Gasteiger partial charge >= 0.3 is 17.1 Å². The number of thiophene rings is 1. The van der Waals surface area contributed by atoms with Gasteiger partial charge in [0.15, 0.2) is 0 Å². The molecule has 0 unspecified atom stereocenters. The van der Waals surface area contributed by atoms with E-state index in [9.17, 15) is 5.11 Å². The summed E-state index contributed by atoms with van der Waals surface area (Å²) >= 11 is 6.07. The fraction of sp³-hybridized carbons (Fsp3) is 0. The first-order valence-corrected chi connectivity index (χ1v) is 7.53. The summed E-state index contributed by atoms with van der Waals surface area (Å²) < 4.78 is 0. The zero-order chi connectivity index (χ0) is 15.8. The number of hydrogen-bond donors (Lipinski definition) is 1. The zero-order valence-electron chi connectivity index (χ0n) is 11.7. The number of aromatic nitrogens is 1. The minimum atomic E-state index is -0.0110. The van der Waals surface area contributed by atoms with Crippen LogP contribution in [0.4, 0.5) is 0 Å². The first-order chi connectivity index (χ1) is 10.7. The van der Waals surface area contributed by atoms with Crippen LogP contribution in [0.25, 0.3) is 10.9 Å². The Labute approximate surface area is 153 Å². The molecule has 0 spiro atoms. The van der Waals surface area contributed by atoms with Gasteiger partial charge in [0.05, 0.1) is 11.7 Å². The maximum Gasteiger partial charge on any atom is 2.00 e. The third kappa shape index (κ3) is 6.33. The van der Waals surface area contributed by atoms with Crippen molar-refractivity contribution in [2.24, 2.45) is 15.9 Å². The molecule has 0 aliphatic carbocycles. The number of fused-ring (bicyclic) bond motifs is 1. The number of nitrogens with zero attached hydrogens (tertiary/aromatic N) is 3. The van der Waals surface area contributed by atoms with Gasteiger partial charge in [0.2, 0.25) is 0 Å². The van der Waals surface area contributed by atoms with Crippen molar-refractivity contribution in [3.8, 4) is 5.75 Å². The predicted molar refractivity (Wildman–Crippen MR) is 92.1 cm³/mol. The quantitative estimate of drug-likeness (QED) is 0.238. The maximum absolute atomic E-state index is 11.1. The van der Waals surface area contributed by atoms with E-state index in [-0.39, 0.29) is 28.0 Å². The van der Waals surface area contributed by atoms with Crippen LogP contribution in [0.5, 0.6) is 5.75 Å². The van der Waals surface area contributed by atoms with Crippen LogP contribution in [0, 0.1) is 0 Å². The molecule has 23 heavy (non-hydrogen) atoms. The Morgan fingerprint density at radius 2 is 2.00 bits per heavy atom. The minimum absolute atomic E-state index is 0. The molecule has 2 aromatic heterocycles. The van der Waals surface area contributed by atoms with Crippen LogP contribution in [-0.2, 0) is 29.7 Å². The van der Waals surface area contributed by atoms with Gasteiger partial charge in [-0.1, -0.05) is 36.1 Å². The Kier molecular flexibility index (Phi) is 8.21. The molecule has 5 nitrogen and oxygen atoms in total. The van der Waals surface area contributed by atoms with Crippen molar-refractivity contribution < 1.29 is 22.2 Å². The summed E-state index contributed by atoms with van der Waals surface area (Å²) in [6.07, 6.45) is 3.24. The largest absolute Gasteiger partial charge is 2.00 e. The normalized spacial score (nSPS) is 10.9. The van der Waals surface area contributed by atoms with Crippen molar-refractivity contribution >= 4 is 46.3 Å². The molecule has 0 saturated carbocycles. The van der Waals surface area contributed by atoms with E-state index in [4.69, 9.17) is 5.73 Å². The number of rotatable bonds is 2. The number of pyridine rings is 1. The summed E-state index contributed by atoms with van der Waals surface area (Å²) in [5.74, 6) is -0.0110. The van der Waals surface area contributed by atoms with Gasteiger partial charge in [-0.15, -0.1) is 11.3 Å². The molecule has 0 bridgehead atoms. The van der Waals surface area contributed by atoms with Gasteiger partial charge in [0.25, 0.3) is 0 Å². The van der Waals surface area contributed by atoms with Crippen molar-refractivity contribution in [2.75, 3.05) is 0 Å². The average molecular weight is 392 g/mol. The molecule has 0 fully saturated rings. The van der Waals surface area contributed by atoms with E-state index in [1.807, 2.05) is 35.7 Å². The fourth-order valence-electron chi connectivity index (χ4n) is 1.58. The van der Waals surface area contributed by atoms with Crippen LogP contribution in [0.2, 0.25) is 0 Å². The Bertz CT molecular complexity index is 782. The van der Waals surface area contributed by atoms with Gasteiger partial charge in [-0.05, 0) is 28.1 Å². The molecule has 0 aliphatic rings. The Hall–Kier alpha value is -1.99. The summed E-state index contributed by atoms with van der Waals surface area (Å²) in [4.78, 5) is 5.00. The number of hydrogen-bond acceptors (Lipinski definition) is 6. The summed E-state index contributed by atoms with van der Waals surface area (Å²) in [5, 5.41) is 21.2. The smallest absolute Gasteiger partial charge is 0.871 e. The Morgan fingerprint density at radius 1 is 1.22 bits per heavy atom. The molecule has 2 N–H and O–H groups in total. The van der Waals surface area contributed by atoms with Crippen molar-refractivity contribution in [3.63, 3.8) is 0 Å². The van der Waals surface area contributed by atoms with E-state index in [1.165, 1.54) is 6.07 Å². The van der Waals surface area contributed by atoms with E-state index in [1.54, 1.807) is 29.8 Å². The molecule has 1 aromatic carbocycles. The van der Waals surface area contributed by atoms with E-state index in [0.717, 1.165) is 10.3 Å². The van der Waals surface area contributed by atoms with Gasteiger partial charge in [-0.25, -0.2) is 0 Å². The van der Waals surface area contributed by atoms with Gasteiger partial charge in [0, 0.05) is 11.1 Å². The Balaban J connectivity index is 0.000000220. The molecular formula is C15H12CuN4OS2. The number of nitrogens with two attached hydrogens (primary N) is 1. The monoisotopic (exact) mass is 391 g/mol. The molecule has 3 rings (SSSR count). The molecular weight excluding hydrogens is 380 g/mol. The summed E-state index contributed by atoms with van der Waals surface area (Å²) in [6.45, 7) is 0. The Morgan fingerprint density at radius 3 is 2.65 bits per heavy atom. The summed E-state index contributed by atoms with van der Waals surface area (Å²) in [5.41, 5.74) is 5.64. The number of para-hydroxylation sites is 1. The van der Waals surface area contributed by atoms with Gasteiger partial charge in [-0.2, -0.15) is 10.2 Å². The summed E-state index contributed by atoms with van der Waals surface area (Å²) in [6, 6.07) is 12.7. The SMILES string of the molecule is N/C([S-])=N/N=C/c1cccs1.[Cu+2].[O-]c1cccc2cccnc12. The molecule has 3 aromatic rings. The van der Waals surface area contributed by atoms with Crippen molar-refractivity contribution in [2.45, 2.75) is 0 Å². The van der Waals surface area contributed by atoms with Crippen molar-refractivity contribution in [1.82, 2.24) is 4.98 Å². The molecule has 121 valence electrons. The third-order valence-electron chi connectivity index (χ3n) is 2.48. The van der Waals surface area contributed by atoms with Crippen LogP contribution in [-0.4, -0.2) is 16.4 Å². The van der Waals surface area contributed by atoms with E-state index >= 15 is 0 Å². The molecule has 0 amide bonds. The topological polar surface area (TPSA) is 86.7 Å². The van der Waals surface area contributed by atoms with Crippen LogP contribution in [0.3, 0.4) is 0 Å². The molecule has 0 aliphatic heterocycles. The van der Waals surface area contributed by atoms with Gasteiger partial charge in [-0.3, -0.25) is 4.98 Å². The van der Waals surface area contributed by atoms with Crippen LogP contribution < -0.4 is 10.8 Å². The van der Waals surface area contributed by atoms with E-state index in [0.29, 0.717) is 5.52 Å². The van der Waals surface area contributed by atoms with Crippen LogP contribution in [0.15, 0.2) is 64.2 Å². The predicted octanol–water partition coefficient (Wildman–Crippen LogP) is 2.25.